The molecule has 0 bridgehead atoms. The molecule has 1 aliphatic rings. The molecule has 0 amide bonds. The van der Waals surface area contributed by atoms with E-state index >= 15 is 0 Å². The van der Waals surface area contributed by atoms with Crippen LogP contribution in [0.3, 0.4) is 0 Å². The molecule has 1 aliphatic heterocycles. The van der Waals surface area contributed by atoms with E-state index in [4.69, 9.17) is 23.2 Å². The molecule has 1 aromatic heterocycles. The number of benzene rings is 1. The Bertz CT molecular complexity index is 650. The molecule has 0 unspecified atom stereocenters. The average molecular weight is 365 g/mol. The highest BCUT2D eigenvalue weighted by molar-refractivity contribution is 6.32. The van der Waals surface area contributed by atoms with Crippen LogP contribution in [0.4, 0.5) is 5.82 Å². The minimum absolute atomic E-state index is 0.0359. The second-order valence-electron chi connectivity index (χ2n) is 6.37. The third-order valence-electron chi connectivity index (χ3n) is 4.80. The molecule has 2 heterocycles. The van der Waals surface area contributed by atoms with E-state index in [-0.39, 0.29) is 10.8 Å². The van der Waals surface area contributed by atoms with Crippen LogP contribution in [0.5, 0.6) is 0 Å². The standard InChI is InChI=1S/C18H22Cl2N4/c1-2-18(23-16-12-15(19)21-17(20)22-16)8-10-24(11-9-18)13-14-6-4-3-5-7-14/h3-7,12H,2,8-11,13H2,1H3,(H,21,22,23). The number of nitrogens with one attached hydrogen (secondary N) is 1. The monoisotopic (exact) mass is 364 g/mol. The normalized spacial score (nSPS) is 17.6. The van der Waals surface area contributed by atoms with Crippen LogP contribution in [0.1, 0.15) is 31.7 Å². The lowest BCUT2D eigenvalue weighted by molar-refractivity contribution is 0.163. The van der Waals surface area contributed by atoms with Crippen molar-refractivity contribution in [3.63, 3.8) is 0 Å². The van der Waals surface area contributed by atoms with Crippen molar-refractivity contribution in [3.8, 4) is 0 Å². The molecule has 1 fully saturated rings. The van der Waals surface area contributed by atoms with Gasteiger partial charge in [0.25, 0.3) is 0 Å². The van der Waals surface area contributed by atoms with Crippen LogP contribution in [0.2, 0.25) is 10.4 Å². The summed E-state index contributed by atoms with van der Waals surface area (Å²) in [4.78, 5) is 10.7. The van der Waals surface area contributed by atoms with E-state index in [1.165, 1.54) is 5.56 Å². The van der Waals surface area contributed by atoms with E-state index in [0.717, 1.165) is 38.9 Å². The van der Waals surface area contributed by atoms with Crippen molar-refractivity contribution in [1.29, 1.82) is 0 Å². The molecule has 2 aromatic rings. The summed E-state index contributed by atoms with van der Waals surface area (Å²) >= 11 is 11.9. The lowest BCUT2D eigenvalue weighted by atomic mass is 9.84. The van der Waals surface area contributed by atoms with Crippen molar-refractivity contribution < 1.29 is 0 Å². The van der Waals surface area contributed by atoms with Gasteiger partial charge >= 0.3 is 0 Å². The smallest absolute Gasteiger partial charge is 0.225 e. The fourth-order valence-corrected chi connectivity index (χ4v) is 3.68. The summed E-state index contributed by atoms with van der Waals surface area (Å²) in [6.45, 7) is 5.33. The highest BCUT2D eigenvalue weighted by Crippen LogP contribution is 2.31. The van der Waals surface area contributed by atoms with Crippen molar-refractivity contribution in [2.75, 3.05) is 18.4 Å². The maximum absolute atomic E-state index is 5.99. The third kappa shape index (κ3) is 4.38. The Morgan fingerprint density at radius 3 is 2.46 bits per heavy atom. The van der Waals surface area contributed by atoms with Crippen molar-refractivity contribution in [1.82, 2.24) is 14.9 Å². The molecule has 1 aromatic carbocycles. The number of likely N-dealkylation sites (tertiary alicyclic amines) is 1. The minimum atomic E-state index is 0.0359. The fourth-order valence-electron chi connectivity index (χ4n) is 3.27. The van der Waals surface area contributed by atoms with Gasteiger partial charge in [0.1, 0.15) is 11.0 Å². The Hall–Kier alpha value is -1.36. The van der Waals surface area contributed by atoms with Gasteiger partial charge in [-0.25, -0.2) is 9.97 Å². The van der Waals surface area contributed by atoms with E-state index in [9.17, 15) is 0 Å². The first kappa shape index (κ1) is 17.5. The van der Waals surface area contributed by atoms with Crippen LogP contribution in [-0.4, -0.2) is 33.5 Å². The van der Waals surface area contributed by atoms with Crippen molar-refractivity contribution in [2.24, 2.45) is 0 Å². The first-order valence-electron chi connectivity index (χ1n) is 8.33. The zero-order chi connectivity index (χ0) is 17.0. The lowest BCUT2D eigenvalue weighted by Gasteiger charge is -2.42. The van der Waals surface area contributed by atoms with Crippen LogP contribution in [0.15, 0.2) is 36.4 Å². The van der Waals surface area contributed by atoms with E-state index in [2.05, 4.69) is 57.4 Å². The van der Waals surface area contributed by atoms with Gasteiger partial charge in [0.05, 0.1) is 0 Å². The topological polar surface area (TPSA) is 41.1 Å². The second-order valence-corrected chi connectivity index (χ2v) is 7.09. The van der Waals surface area contributed by atoms with Crippen LogP contribution >= 0.6 is 23.2 Å². The average Bonchev–Trinajstić information content (AvgIpc) is 2.57. The Kier molecular flexibility index (Phi) is 5.59. The summed E-state index contributed by atoms with van der Waals surface area (Å²) in [6, 6.07) is 12.4. The molecular formula is C18H22Cl2N4. The number of piperidine rings is 1. The van der Waals surface area contributed by atoms with Crippen LogP contribution in [-0.2, 0) is 6.54 Å². The van der Waals surface area contributed by atoms with E-state index in [1.54, 1.807) is 6.07 Å². The van der Waals surface area contributed by atoms with Crippen LogP contribution in [0.25, 0.3) is 0 Å². The maximum Gasteiger partial charge on any atom is 0.225 e. The second kappa shape index (κ2) is 7.68. The number of aromatic nitrogens is 2. The molecule has 0 radical (unpaired) electrons. The highest BCUT2D eigenvalue weighted by Gasteiger charge is 2.33. The zero-order valence-electron chi connectivity index (χ0n) is 13.8. The molecule has 1 N–H and O–H groups in total. The number of halogens is 2. The third-order valence-corrected chi connectivity index (χ3v) is 5.16. The molecule has 3 rings (SSSR count). The Morgan fingerprint density at radius 2 is 1.83 bits per heavy atom. The van der Waals surface area contributed by atoms with Gasteiger partial charge in [-0.05, 0) is 36.4 Å². The van der Waals surface area contributed by atoms with Gasteiger partial charge in [-0.3, -0.25) is 4.90 Å². The summed E-state index contributed by atoms with van der Waals surface area (Å²) in [5.74, 6) is 0.707. The largest absolute Gasteiger partial charge is 0.364 e. The van der Waals surface area contributed by atoms with E-state index < -0.39 is 0 Å². The van der Waals surface area contributed by atoms with Gasteiger partial charge in [-0.1, -0.05) is 48.9 Å². The van der Waals surface area contributed by atoms with Crippen molar-refractivity contribution >= 4 is 29.0 Å². The molecule has 6 heteroatoms. The Balaban J connectivity index is 1.63. The van der Waals surface area contributed by atoms with Crippen LogP contribution in [0, 0.1) is 0 Å². The predicted octanol–water partition coefficient (Wildman–Crippen LogP) is 4.64. The molecular weight excluding hydrogens is 343 g/mol. The van der Waals surface area contributed by atoms with Crippen LogP contribution < -0.4 is 5.32 Å². The molecule has 24 heavy (non-hydrogen) atoms. The molecule has 0 atom stereocenters. The predicted molar refractivity (Wildman–Crippen MR) is 99.6 cm³/mol. The van der Waals surface area contributed by atoms with Gasteiger partial charge in [-0.2, -0.15) is 0 Å². The summed E-state index contributed by atoms with van der Waals surface area (Å²) < 4.78 is 0. The minimum Gasteiger partial charge on any atom is -0.364 e. The van der Waals surface area contributed by atoms with Gasteiger partial charge in [0, 0.05) is 31.2 Å². The highest BCUT2D eigenvalue weighted by atomic mass is 35.5. The SMILES string of the molecule is CCC1(Nc2cc(Cl)nc(Cl)n2)CCN(Cc2ccccc2)CC1. The van der Waals surface area contributed by atoms with Crippen molar-refractivity contribution in [3.05, 3.63) is 52.4 Å². The number of nitrogens with zero attached hydrogens (tertiary/aromatic N) is 3. The molecule has 128 valence electrons. The number of anilines is 1. The van der Waals surface area contributed by atoms with Gasteiger partial charge in [0.15, 0.2) is 0 Å². The van der Waals surface area contributed by atoms with Crippen molar-refractivity contribution in [2.45, 2.75) is 38.3 Å². The summed E-state index contributed by atoms with van der Waals surface area (Å²) in [5.41, 5.74) is 1.40. The maximum atomic E-state index is 5.99. The van der Waals surface area contributed by atoms with E-state index in [0.29, 0.717) is 11.0 Å². The number of hydrogen-bond acceptors (Lipinski definition) is 4. The quantitative estimate of drug-likeness (QED) is 0.619. The molecule has 0 spiro atoms. The summed E-state index contributed by atoms with van der Waals surface area (Å²) in [7, 11) is 0. The fraction of sp³-hybridized carbons (Fsp3) is 0.444. The molecule has 0 aliphatic carbocycles. The number of rotatable bonds is 5. The number of hydrogen-bond donors (Lipinski definition) is 1. The summed E-state index contributed by atoms with van der Waals surface area (Å²) in [5, 5.41) is 4.11. The summed E-state index contributed by atoms with van der Waals surface area (Å²) in [6.07, 6.45) is 3.16. The Morgan fingerprint density at radius 1 is 1.12 bits per heavy atom. The zero-order valence-corrected chi connectivity index (χ0v) is 15.3. The van der Waals surface area contributed by atoms with Gasteiger partial charge in [-0.15, -0.1) is 0 Å². The Labute approximate surface area is 153 Å². The van der Waals surface area contributed by atoms with E-state index in [1.807, 2.05) is 0 Å². The van der Waals surface area contributed by atoms with Gasteiger partial charge < -0.3 is 5.32 Å². The molecule has 1 saturated heterocycles. The molecule has 4 nitrogen and oxygen atoms in total. The van der Waals surface area contributed by atoms with Gasteiger partial charge in [0.2, 0.25) is 5.28 Å². The lowest BCUT2D eigenvalue weighted by Crippen LogP contribution is -2.48. The first-order valence-corrected chi connectivity index (χ1v) is 9.09. The molecule has 0 saturated carbocycles. The first-order chi connectivity index (χ1) is 11.6.